The highest BCUT2D eigenvalue weighted by Crippen LogP contribution is 2.43. The minimum atomic E-state index is -0.245. The highest BCUT2D eigenvalue weighted by atomic mass is 16.5. The van der Waals surface area contributed by atoms with Crippen LogP contribution in [0.5, 0.6) is 46.0 Å². The highest BCUT2D eigenvalue weighted by Gasteiger charge is 2.29. The Morgan fingerprint density at radius 1 is 0.427 bits per heavy atom. The van der Waals surface area contributed by atoms with Crippen LogP contribution in [-0.4, -0.2) is 202 Å². The summed E-state index contributed by atoms with van der Waals surface area (Å²) in [4.78, 5) is 34.8. The molecular weight excluding hydrogens is 1580 g/mol. The van der Waals surface area contributed by atoms with Crippen LogP contribution in [0.2, 0.25) is 0 Å². The Balaban J connectivity index is 0.000000135. The van der Waals surface area contributed by atoms with Gasteiger partial charge in [0.25, 0.3) is 23.6 Å². The summed E-state index contributed by atoms with van der Waals surface area (Å²) in [6.07, 6.45) is 6.49. The van der Waals surface area contributed by atoms with Gasteiger partial charge in [-0.25, -0.2) is 0 Å². The highest BCUT2D eigenvalue weighted by molar-refractivity contribution is 5.97. The van der Waals surface area contributed by atoms with E-state index in [1.807, 2.05) is 196 Å². The van der Waals surface area contributed by atoms with Gasteiger partial charge in [-0.2, -0.15) is 19.9 Å². The Bertz CT molecular complexity index is 5810. The van der Waals surface area contributed by atoms with E-state index in [-0.39, 0.29) is 12.7 Å². The zero-order valence-electron chi connectivity index (χ0n) is 72.5. The van der Waals surface area contributed by atoms with Crippen molar-refractivity contribution in [2.24, 2.45) is 0 Å². The van der Waals surface area contributed by atoms with E-state index in [2.05, 4.69) is 104 Å². The number of nitrogens with one attached hydrogen (secondary N) is 3. The van der Waals surface area contributed by atoms with Crippen LogP contribution in [0.15, 0.2) is 176 Å². The lowest BCUT2D eigenvalue weighted by Crippen LogP contribution is -2.34. The molecule has 14 aromatic rings. The fourth-order valence-corrected chi connectivity index (χ4v) is 15.9. The molecule has 5 N–H and O–H groups in total. The summed E-state index contributed by atoms with van der Waals surface area (Å²) >= 11 is 0. The van der Waals surface area contributed by atoms with Gasteiger partial charge in [0.15, 0.2) is 46.0 Å². The normalized spacial score (nSPS) is 13.5. The molecule has 17 rings (SSSR count). The van der Waals surface area contributed by atoms with Crippen LogP contribution in [0.4, 0.5) is 11.4 Å². The second kappa shape index (κ2) is 42.3. The second-order valence-electron chi connectivity index (χ2n) is 29.4. The molecule has 1 saturated heterocycles. The lowest BCUT2D eigenvalue weighted by molar-refractivity contribution is 0.175. The standard InChI is InChI=1S/C26H34N4O3.C25H28N4O4.C22H24N4O3.C22H25N3O4/c1-5-29(6-2)16-17-30-15-14-20-21(10-9-11-22(20)30)25-27-26(33-28-25)19-12-13-23(31-7-3)24(18-19)32-8-4;1-3-31-21-9-8-16(12-22(21)32-4-2)25-27-24(28-33-25)19-6-5-7-20-23(19)17(13-26-20)14-29-11-10-18(30)15-29;1-4-27-18-10-9-14(11-19(18)28-5-2)22-25-21(26-29-22)16-7-6-8-17-20(16)15(12-23-3)13-24-17;1-3-27-19-9-8-15(14-20(19)28-4-2)22-23-21(24-29-22)17-6-5-7-18-16(17)10-11-25(18)12-13-26/h9-13,18H,5-8,14-17H2,1-4H3;5-9,12-13,18,26,30H,3-4,10-11,14-15H2,1-2H3;6-11,13,23-24H,4-5,12H2,1-3H3;5-9,14,26H,3-4,10-13H2,1-2H3/t;18-;;/m.1../s1. The molecule has 1 atom stereocenters. The third-order valence-corrected chi connectivity index (χ3v) is 21.6. The number of H-pyrrole nitrogens is 2. The molecule has 0 spiro atoms. The van der Waals surface area contributed by atoms with E-state index < -0.39 is 0 Å². The fourth-order valence-electron chi connectivity index (χ4n) is 15.9. The van der Waals surface area contributed by atoms with Gasteiger partial charge in [-0.15, -0.1) is 0 Å². The summed E-state index contributed by atoms with van der Waals surface area (Å²) in [6.45, 7) is 34.4. The monoisotopic (exact) mass is 1690 g/mol. The predicted octanol–water partition coefficient (Wildman–Crippen LogP) is 17.1. The number of aromatic nitrogens is 10. The molecule has 3 aliphatic rings. The molecule has 0 saturated carbocycles. The molecule has 0 aliphatic carbocycles. The van der Waals surface area contributed by atoms with Crippen molar-refractivity contribution in [2.45, 2.75) is 108 Å². The first-order valence-electron chi connectivity index (χ1n) is 43.1. The molecule has 0 unspecified atom stereocenters. The average molecular weight is 1690 g/mol. The molecule has 650 valence electrons. The van der Waals surface area contributed by atoms with Crippen LogP contribution >= 0.6 is 0 Å². The van der Waals surface area contributed by atoms with Crippen molar-refractivity contribution in [2.75, 3.05) is 135 Å². The molecule has 0 amide bonds. The number of aliphatic hydroxyl groups excluding tert-OH is 2. The number of nitrogens with zero attached hydrogens (tertiary/aromatic N) is 12. The van der Waals surface area contributed by atoms with Crippen molar-refractivity contribution in [3.63, 3.8) is 0 Å². The Morgan fingerprint density at radius 2 is 0.782 bits per heavy atom. The number of β-amino-alcohol motifs (C(OH)–C–C–N with tert-alkyl or cyclic N) is 2. The van der Waals surface area contributed by atoms with Crippen LogP contribution in [-0.2, 0) is 25.9 Å². The third kappa shape index (κ3) is 20.3. The minimum Gasteiger partial charge on any atom is -0.490 e. The zero-order chi connectivity index (χ0) is 86.4. The van der Waals surface area contributed by atoms with Crippen molar-refractivity contribution >= 4 is 33.2 Å². The van der Waals surface area contributed by atoms with Gasteiger partial charge in [-0.1, -0.05) is 83.0 Å². The molecule has 124 heavy (non-hydrogen) atoms. The van der Waals surface area contributed by atoms with Gasteiger partial charge in [0.1, 0.15) is 0 Å². The number of aliphatic hydroxyl groups is 2. The van der Waals surface area contributed by atoms with Crippen LogP contribution in [0.3, 0.4) is 0 Å². The molecule has 6 aromatic heterocycles. The summed E-state index contributed by atoms with van der Waals surface area (Å²) in [5.41, 5.74) is 16.3. The van der Waals surface area contributed by atoms with E-state index in [1.54, 1.807) is 0 Å². The van der Waals surface area contributed by atoms with E-state index >= 15 is 0 Å². The number of likely N-dealkylation sites (tertiary alicyclic amines) is 1. The number of benzene rings is 8. The van der Waals surface area contributed by atoms with Crippen LogP contribution in [0, 0.1) is 0 Å². The van der Waals surface area contributed by atoms with E-state index in [1.165, 1.54) is 16.8 Å². The molecule has 3 aliphatic heterocycles. The van der Waals surface area contributed by atoms with Gasteiger partial charge < -0.3 is 96.2 Å². The SMILES string of the molecule is CCOc1ccc(-c2nc(-c3cccc4[nH]cc(CN5CC[C@@H](O)C5)c34)no2)cc1OCC.CCOc1ccc(-c2nc(-c3cccc4[nH]cc(CNC)c34)no2)cc1OCC.CCOc1ccc(-c2nc(-c3cccc4c3CCN4CCN(CC)CC)no2)cc1OCC.CCOc1ccc(-c2nc(-c3cccc4c3CCN4CCO)no2)cc1OCC. The molecule has 1 fully saturated rings. The number of aromatic amines is 2. The molecule has 0 radical (unpaired) electrons. The molecule has 29 nitrogen and oxygen atoms in total. The summed E-state index contributed by atoms with van der Waals surface area (Å²) in [5, 5.41) is 41.6. The Kier molecular flexibility index (Phi) is 29.9. The van der Waals surface area contributed by atoms with Crippen LogP contribution < -0.4 is 53.0 Å². The molecule has 8 aromatic carbocycles. The minimum absolute atomic E-state index is 0.135. The van der Waals surface area contributed by atoms with Crippen molar-refractivity contribution in [1.29, 1.82) is 0 Å². The first-order valence-corrected chi connectivity index (χ1v) is 43.1. The van der Waals surface area contributed by atoms with Gasteiger partial charge in [-0.3, -0.25) is 4.90 Å². The van der Waals surface area contributed by atoms with Crippen molar-refractivity contribution in [3.8, 4) is 137 Å². The lowest BCUT2D eigenvalue weighted by Gasteiger charge is -2.24. The van der Waals surface area contributed by atoms with Gasteiger partial charge in [0.05, 0.1) is 65.6 Å². The second-order valence-corrected chi connectivity index (χ2v) is 29.4. The zero-order valence-corrected chi connectivity index (χ0v) is 72.5. The summed E-state index contributed by atoms with van der Waals surface area (Å²) < 4.78 is 67.9. The van der Waals surface area contributed by atoms with E-state index in [4.69, 9.17) is 66.0 Å². The lowest BCUT2D eigenvalue weighted by atomic mass is 10.0. The number of anilines is 2. The number of hydrogen-bond acceptors (Lipinski definition) is 27. The molecule has 9 heterocycles. The van der Waals surface area contributed by atoms with Gasteiger partial charge in [0, 0.05) is 149 Å². The number of ether oxygens (including phenoxy) is 8. The number of hydrogen-bond donors (Lipinski definition) is 5. The molecule has 0 bridgehead atoms. The van der Waals surface area contributed by atoms with Crippen LogP contribution in [0.25, 0.3) is 113 Å². The maximum Gasteiger partial charge on any atom is 0.258 e. The van der Waals surface area contributed by atoms with E-state index in [0.29, 0.717) is 159 Å². The van der Waals surface area contributed by atoms with Crippen molar-refractivity contribution < 1.29 is 66.2 Å². The van der Waals surface area contributed by atoms with Gasteiger partial charge in [0.2, 0.25) is 23.3 Å². The van der Waals surface area contributed by atoms with E-state index in [0.717, 1.165) is 161 Å². The predicted molar refractivity (Wildman–Crippen MR) is 479 cm³/mol. The third-order valence-electron chi connectivity index (χ3n) is 21.6. The van der Waals surface area contributed by atoms with Gasteiger partial charge >= 0.3 is 0 Å². The Morgan fingerprint density at radius 3 is 1.15 bits per heavy atom. The Hall–Kier alpha value is -12.8. The van der Waals surface area contributed by atoms with Crippen molar-refractivity contribution in [1.82, 2.24) is 65.6 Å². The number of fused-ring (bicyclic) bond motifs is 4. The number of likely N-dealkylation sites (N-methyl/N-ethyl adjacent to an activating group) is 1. The average Bonchev–Trinajstić information content (AvgIpc) is 1.62. The largest absolute Gasteiger partial charge is 0.490 e. The quantitative estimate of drug-likeness (QED) is 0.0246. The first kappa shape index (κ1) is 87.5. The summed E-state index contributed by atoms with van der Waals surface area (Å²) in [6, 6.07) is 47.1. The first-order chi connectivity index (χ1) is 60.8. The fraction of sp³-hybridized carbons (Fsp3) is 0.368. The summed E-state index contributed by atoms with van der Waals surface area (Å²) in [7, 11) is 1.93. The summed E-state index contributed by atoms with van der Waals surface area (Å²) in [5.74, 6) is 9.50. The maximum absolute atomic E-state index is 9.89. The van der Waals surface area contributed by atoms with Gasteiger partial charge in [-0.05, 0) is 214 Å². The van der Waals surface area contributed by atoms with Crippen molar-refractivity contribution in [3.05, 3.63) is 180 Å². The Labute approximate surface area is 721 Å². The van der Waals surface area contributed by atoms with Crippen LogP contribution in [0.1, 0.15) is 97.9 Å². The molecule has 29 heteroatoms. The maximum atomic E-state index is 9.89. The smallest absolute Gasteiger partial charge is 0.258 e. The van der Waals surface area contributed by atoms with E-state index in [9.17, 15) is 10.2 Å². The topological polar surface area (TPSA) is 327 Å². The molecular formula is C95H111N15O14. The number of rotatable bonds is 35.